The molecule has 0 aliphatic heterocycles. The van der Waals surface area contributed by atoms with Gasteiger partial charge in [0.15, 0.2) is 11.6 Å². The van der Waals surface area contributed by atoms with E-state index in [1.165, 1.54) is 0 Å². The third-order valence-corrected chi connectivity index (χ3v) is 3.55. The van der Waals surface area contributed by atoms with Crippen LogP contribution >= 0.6 is 15.9 Å². The second-order valence-corrected chi connectivity index (χ2v) is 5.73. The lowest BCUT2D eigenvalue weighted by atomic mass is 10.2. The van der Waals surface area contributed by atoms with Crippen molar-refractivity contribution in [2.45, 2.75) is 6.92 Å². The van der Waals surface area contributed by atoms with Gasteiger partial charge in [0.1, 0.15) is 0 Å². The fourth-order valence-corrected chi connectivity index (χ4v) is 2.34. The summed E-state index contributed by atoms with van der Waals surface area (Å²) in [5.74, 6) is -3.24. The summed E-state index contributed by atoms with van der Waals surface area (Å²) in [6, 6.07) is 8.13. The second-order valence-electron chi connectivity index (χ2n) is 4.82. The molecule has 0 fully saturated rings. The zero-order valence-electron chi connectivity index (χ0n) is 12.1. The molecule has 0 saturated carbocycles. The highest BCUT2D eigenvalue weighted by atomic mass is 79.9. The van der Waals surface area contributed by atoms with Crippen molar-refractivity contribution in [1.82, 2.24) is 5.32 Å². The average molecular weight is 383 g/mol. The number of hydrogen-bond donors (Lipinski definition) is 2. The highest BCUT2D eigenvalue weighted by Crippen LogP contribution is 2.19. The van der Waals surface area contributed by atoms with Crippen molar-refractivity contribution in [3.8, 4) is 0 Å². The first-order chi connectivity index (χ1) is 10.9. The fraction of sp³-hybridized carbons (Fsp3) is 0.125. The van der Waals surface area contributed by atoms with Crippen molar-refractivity contribution in [3.05, 3.63) is 63.6 Å². The number of benzene rings is 2. The summed E-state index contributed by atoms with van der Waals surface area (Å²) in [5.41, 5.74) is 1.43. The molecular formula is C16H13BrF2N2O2. The molecule has 0 radical (unpaired) electrons. The molecule has 2 amide bonds. The maximum atomic E-state index is 13.1. The molecule has 2 aromatic rings. The van der Waals surface area contributed by atoms with E-state index in [-0.39, 0.29) is 12.1 Å². The van der Waals surface area contributed by atoms with Gasteiger partial charge in [-0.2, -0.15) is 0 Å². The van der Waals surface area contributed by atoms with E-state index in [1.54, 1.807) is 12.1 Å². The predicted octanol–water partition coefficient (Wildman–Crippen LogP) is 3.40. The Morgan fingerprint density at radius 2 is 1.83 bits per heavy atom. The highest BCUT2D eigenvalue weighted by molar-refractivity contribution is 9.10. The number of halogens is 3. The molecule has 2 N–H and O–H groups in total. The van der Waals surface area contributed by atoms with Crippen LogP contribution in [-0.2, 0) is 4.79 Å². The molecule has 0 bridgehead atoms. The summed E-state index contributed by atoms with van der Waals surface area (Å²) in [5, 5.41) is 5.00. The summed E-state index contributed by atoms with van der Waals surface area (Å²) in [6.45, 7) is 1.55. The van der Waals surface area contributed by atoms with Crippen molar-refractivity contribution in [2.24, 2.45) is 0 Å². The Kier molecular flexibility index (Phi) is 5.44. The molecule has 0 aromatic heterocycles. The number of aryl methyl sites for hydroxylation is 1. The number of rotatable bonds is 4. The second kappa shape index (κ2) is 7.32. The summed E-state index contributed by atoms with van der Waals surface area (Å²) in [7, 11) is 0. The Morgan fingerprint density at radius 3 is 2.48 bits per heavy atom. The number of carbonyl (C=O) groups is 2. The molecule has 2 aromatic carbocycles. The van der Waals surface area contributed by atoms with Gasteiger partial charge in [0.05, 0.1) is 6.54 Å². The van der Waals surface area contributed by atoms with Crippen molar-refractivity contribution in [1.29, 1.82) is 0 Å². The van der Waals surface area contributed by atoms with Gasteiger partial charge < -0.3 is 10.6 Å². The molecule has 23 heavy (non-hydrogen) atoms. The van der Waals surface area contributed by atoms with Crippen LogP contribution in [0.5, 0.6) is 0 Å². The average Bonchev–Trinajstić information content (AvgIpc) is 2.50. The van der Waals surface area contributed by atoms with Gasteiger partial charge >= 0.3 is 0 Å². The molecule has 0 unspecified atom stereocenters. The third-order valence-electron chi connectivity index (χ3n) is 3.05. The molecule has 0 atom stereocenters. The topological polar surface area (TPSA) is 58.2 Å². The van der Waals surface area contributed by atoms with Crippen LogP contribution in [-0.4, -0.2) is 18.4 Å². The summed E-state index contributed by atoms with van der Waals surface area (Å²) < 4.78 is 26.8. The number of carbonyl (C=O) groups excluding carboxylic acids is 2. The lowest BCUT2D eigenvalue weighted by Crippen LogP contribution is -2.33. The van der Waals surface area contributed by atoms with Gasteiger partial charge in [-0.25, -0.2) is 8.78 Å². The van der Waals surface area contributed by atoms with E-state index in [9.17, 15) is 18.4 Å². The zero-order chi connectivity index (χ0) is 17.0. The molecule has 4 nitrogen and oxygen atoms in total. The van der Waals surface area contributed by atoms with Crippen LogP contribution in [0.25, 0.3) is 0 Å². The fourth-order valence-electron chi connectivity index (χ4n) is 1.86. The Morgan fingerprint density at radius 1 is 1.09 bits per heavy atom. The predicted molar refractivity (Wildman–Crippen MR) is 86.2 cm³/mol. The summed E-state index contributed by atoms with van der Waals surface area (Å²) in [4.78, 5) is 23.6. The van der Waals surface area contributed by atoms with E-state index < -0.39 is 23.4 Å². The Bertz CT molecular complexity index is 766. The van der Waals surface area contributed by atoms with Gasteiger partial charge in [-0.15, -0.1) is 0 Å². The maximum Gasteiger partial charge on any atom is 0.251 e. The number of hydrogen-bond acceptors (Lipinski definition) is 2. The quantitative estimate of drug-likeness (QED) is 0.851. The van der Waals surface area contributed by atoms with Gasteiger partial charge in [0, 0.05) is 15.7 Å². The smallest absolute Gasteiger partial charge is 0.251 e. The molecule has 0 saturated heterocycles. The van der Waals surface area contributed by atoms with Crippen molar-refractivity contribution >= 4 is 33.4 Å². The number of nitrogens with one attached hydrogen (secondary N) is 2. The Labute approximate surface area is 140 Å². The van der Waals surface area contributed by atoms with E-state index in [0.717, 1.165) is 28.2 Å². The molecule has 0 aliphatic carbocycles. The lowest BCUT2D eigenvalue weighted by Gasteiger charge is -2.10. The van der Waals surface area contributed by atoms with E-state index >= 15 is 0 Å². The maximum absolute atomic E-state index is 13.1. The normalized spacial score (nSPS) is 10.3. The molecule has 2 rings (SSSR count). The molecule has 0 aliphatic rings. The third kappa shape index (κ3) is 4.59. The van der Waals surface area contributed by atoms with Crippen molar-refractivity contribution in [3.63, 3.8) is 0 Å². The Balaban J connectivity index is 1.93. The first-order valence-electron chi connectivity index (χ1n) is 6.66. The van der Waals surface area contributed by atoms with Crippen molar-refractivity contribution < 1.29 is 18.4 Å². The van der Waals surface area contributed by atoms with Gasteiger partial charge in [-0.05, 0) is 48.9 Å². The monoisotopic (exact) mass is 382 g/mol. The first-order valence-corrected chi connectivity index (χ1v) is 7.45. The van der Waals surface area contributed by atoms with E-state index in [4.69, 9.17) is 0 Å². The van der Waals surface area contributed by atoms with E-state index in [0.29, 0.717) is 5.69 Å². The standard InChI is InChI=1S/C16H13BrF2N2O2/c1-9-6-11(17)3-5-14(9)21-15(22)8-20-16(23)10-2-4-12(18)13(19)7-10/h2-7H,8H2,1H3,(H,20,23)(H,21,22). The van der Waals surface area contributed by atoms with Crippen LogP contribution in [0.15, 0.2) is 40.9 Å². The first kappa shape index (κ1) is 17.1. The summed E-state index contributed by atoms with van der Waals surface area (Å²) in [6.07, 6.45) is 0. The minimum Gasteiger partial charge on any atom is -0.343 e. The summed E-state index contributed by atoms with van der Waals surface area (Å²) >= 11 is 3.32. The minimum atomic E-state index is -1.12. The van der Waals surface area contributed by atoms with Crippen LogP contribution < -0.4 is 10.6 Å². The van der Waals surface area contributed by atoms with Crippen LogP contribution in [0, 0.1) is 18.6 Å². The van der Waals surface area contributed by atoms with Gasteiger partial charge in [-0.1, -0.05) is 15.9 Å². The lowest BCUT2D eigenvalue weighted by molar-refractivity contribution is -0.115. The molecule has 120 valence electrons. The molecule has 7 heteroatoms. The van der Waals surface area contributed by atoms with E-state index in [1.807, 2.05) is 13.0 Å². The molecular weight excluding hydrogens is 370 g/mol. The minimum absolute atomic E-state index is 0.0588. The van der Waals surface area contributed by atoms with Crippen molar-refractivity contribution in [2.75, 3.05) is 11.9 Å². The van der Waals surface area contributed by atoms with Crippen LogP contribution in [0.4, 0.5) is 14.5 Å². The van der Waals surface area contributed by atoms with Gasteiger partial charge in [0.25, 0.3) is 5.91 Å². The molecule has 0 spiro atoms. The van der Waals surface area contributed by atoms with Gasteiger partial charge in [-0.3, -0.25) is 9.59 Å². The van der Waals surface area contributed by atoms with Crippen LogP contribution in [0.2, 0.25) is 0 Å². The van der Waals surface area contributed by atoms with Gasteiger partial charge in [0.2, 0.25) is 5.91 Å². The molecule has 0 heterocycles. The number of anilines is 1. The van der Waals surface area contributed by atoms with Crippen LogP contribution in [0.3, 0.4) is 0 Å². The Hall–Kier alpha value is -2.28. The van der Waals surface area contributed by atoms with E-state index in [2.05, 4.69) is 26.6 Å². The van der Waals surface area contributed by atoms with Crippen LogP contribution in [0.1, 0.15) is 15.9 Å². The zero-order valence-corrected chi connectivity index (χ0v) is 13.7. The largest absolute Gasteiger partial charge is 0.343 e. The number of amides is 2. The highest BCUT2D eigenvalue weighted by Gasteiger charge is 2.11. The SMILES string of the molecule is Cc1cc(Br)ccc1NC(=O)CNC(=O)c1ccc(F)c(F)c1.